The molecule has 1 aliphatic rings. The molecule has 6 nitrogen and oxygen atoms in total. The number of rotatable bonds is 3. The van der Waals surface area contributed by atoms with Crippen LogP contribution < -0.4 is 5.32 Å². The van der Waals surface area contributed by atoms with Gasteiger partial charge in [0.2, 0.25) is 0 Å². The minimum atomic E-state index is -0.125. The summed E-state index contributed by atoms with van der Waals surface area (Å²) in [4.78, 5) is 22.0. The standard InChI is InChI=1S/C16H17N5O/c1-18-13-6-3-9-21(13)16(22)14-11(10-17)4-2-5-12(14)15-19-7-8-20-15/h2,4-5,7-8,13,18H,3,6,9H2,1H3,(H,19,20). The number of imidazole rings is 1. The predicted octanol–water partition coefficient (Wildman–Crippen LogP) is 1.73. The third-order valence-electron chi connectivity index (χ3n) is 4.00. The lowest BCUT2D eigenvalue weighted by atomic mass is 9.99. The second-order valence-corrected chi connectivity index (χ2v) is 5.22. The Kier molecular flexibility index (Phi) is 3.90. The van der Waals surface area contributed by atoms with E-state index < -0.39 is 0 Å². The number of benzene rings is 1. The van der Waals surface area contributed by atoms with Crippen molar-refractivity contribution >= 4 is 5.91 Å². The molecular weight excluding hydrogens is 278 g/mol. The topological polar surface area (TPSA) is 84.8 Å². The van der Waals surface area contributed by atoms with Crippen molar-refractivity contribution in [3.8, 4) is 17.5 Å². The molecule has 0 radical (unpaired) electrons. The van der Waals surface area contributed by atoms with Gasteiger partial charge in [-0.2, -0.15) is 5.26 Å². The van der Waals surface area contributed by atoms with Gasteiger partial charge < -0.3 is 15.2 Å². The van der Waals surface area contributed by atoms with Gasteiger partial charge >= 0.3 is 0 Å². The van der Waals surface area contributed by atoms with Crippen molar-refractivity contribution in [2.45, 2.75) is 19.0 Å². The lowest BCUT2D eigenvalue weighted by Gasteiger charge is -2.25. The second kappa shape index (κ2) is 6.00. The molecule has 22 heavy (non-hydrogen) atoms. The monoisotopic (exact) mass is 295 g/mol. The molecule has 2 heterocycles. The lowest BCUT2D eigenvalue weighted by Crippen LogP contribution is -2.43. The van der Waals surface area contributed by atoms with Crippen molar-refractivity contribution in [3.05, 3.63) is 41.7 Å². The molecule has 0 bridgehead atoms. The summed E-state index contributed by atoms with van der Waals surface area (Å²) in [5.41, 5.74) is 1.46. The van der Waals surface area contributed by atoms with Crippen LogP contribution in [0.25, 0.3) is 11.4 Å². The van der Waals surface area contributed by atoms with Crippen LogP contribution in [-0.2, 0) is 0 Å². The van der Waals surface area contributed by atoms with Crippen LogP contribution in [0.5, 0.6) is 0 Å². The molecule has 1 saturated heterocycles. The Morgan fingerprint density at radius 2 is 2.41 bits per heavy atom. The number of likely N-dealkylation sites (tertiary alicyclic amines) is 1. The van der Waals surface area contributed by atoms with Crippen LogP contribution in [0.3, 0.4) is 0 Å². The molecule has 112 valence electrons. The second-order valence-electron chi connectivity index (χ2n) is 5.22. The number of aromatic nitrogens is 2. The number of H-pyrrole nitrogens is 1. The molecular formula is C16H17N5O. The summed E-state index contributed by atoms with van der Waals surface area (Å²) in [6.45, 7) is 0.696. The van der Waals surface area contributed by atoms with E-state index in [2.05, 4.69) is 21.4 Å². The summed E-state index contributed by atoms with van der Waals surface area (Å²) < 4.78 is 0. The summed E-state index contributed by atoms with van der Waals surface area (Å²) in [5.74, 6) is 0.473. The van der Waals surface area contributed by atoms with Crippen LogP contribution in [0, 0.1) is 11.3 Å². The van der Waals surface area contributed by atoms with Crippen LogP contribution in [0.2, 0.25) is 0 Å². The number of aromatic amines is 1. The van der Waals surface area contributed by atoms with Gasteiger partial charge in [0.05, 0.1) is 23.4 Å². The van der Waals surface area contributed by atoms with Gasteiger partial charge in [0.15, 0.2) is 0 Å². The smallest absolute Gasteiger partial charge is 0.257 e. The van der Waals surface area contributed by atoms with Gasteiger partial charge in [-0.1, -0.05) is 12.1 Å². The van der Waals surface area contributed by atoms with Crippen molar-refractivity contribution in [1.29, 1.82) is 5.26 Å². The molecule has 0 spiro atoms. The van der Waals surface area contributed by atoms with Crippen LogP contribution >= 0.6 is 0 Å². The summed E-state index contributed by atoms with van der Waals surface area (Å²) in [7, 11) is 1.85. The van der Waals surface area contributed by atoms with E-state index in [9.17, 15) is 10.1 Å². The van der Waals surface area contributed by atoms with E-state index in [-0.39, 0.29) is 12.1 Å². The number of carbonyl (C=O) groups excluding carboxylic acids is 1. The van der Waals surface area contributed by atoms with Gasteiger partial charge in [0.1, 0.15) is 5.82 Å². The first kappa shape index (κ1) is 14.3. The number of amides is 1. The number of nitriles is 1. The maximum absolute atomic E-state index is 13.0. The first-order valence-corrected chi connectivity index (χ1v) is 7.27. The van der Waals surface area contributed by atoms with Crippen molar-refractivity contribution in [2.75, 3.05) is 13.6 Å². The average molecular weight is 295 g/mol. The Labute approximate surface area is 128 Å². The van der Waals surface area contributed by atoms with E-state index in [0.29, 0.717) is 29.1 Å². The molecule has 0 saturated carbocycles. The Morgan fingerprint density at radius 3 is 3.09 bits per heavy atom. The summed E-state index contributed by atoms with van der Waals surface area (Å²) in [5, 5.41) is 12.5. The molecule has 2 N–H and O–H groups in total. The number of carbonyl (C=O) groups is 1. The lowest BCUT2D eigenvalue weighted by molar-refractivity contribution is 0.0718. The number of hydrogen-bond donors (Lipinski definition) is 2. The Balaban J connectivity index is 2.09. The third-order valence-corrected chi connectivity index (χ3v) is 4.00. The first-order chi connectivity index (χ1) is 10.8. The molecule has 1 aromatic heterocycles. The average Bonchev–Trinajstić information content (AvgIpc) is 3.24. The minimum absolute atomic E-state index is 0.0173. The van der Waals surface area contributed by atoms with Gasteiger partial charge in [0, 0.05) is 24.5 Å². The normalized spacial score (nSPS) is 17.5. The molecule has 1 amide bonds. The molecule has 1 aliphatic heterocycles. The van der Waals surface area contributed by atoms with Crippen LogP contribution in [0.1, 0.15) is 28.8 Å². The van der Waals surface area contributed by atoms with Gasteiger partial charge in [-0.15, -0.1) is 0 Å². The summed E-state index contributed by atoms with van der Waals surface area (Å²) >= 11 is 0. The zero-order valence-corrected chi connectivity index (χ0v) is 12.3. The zero-order valence-electron chi connectivity index (χ0n) is 12.3. The van der Waals surface area contributed by atoms with Crippen LogP contribution in [0.15, 0.2) is 30.6 Å². The third kappa shape index (κ3) is 2.36. The SMILES string of the molecule is CNC1CCCN1C(=O)c1c(C#N)cccc1-c1ncc[nH]1. The van der Waals surface area contributed by atoms with E-state index in [1.807, 2.05) is 13.1 Å². The summed E-state index contributed by atoms with van der Waals surface area (Å²) in [6.07, 6.45) is 5.24. The minimum Gasteiger partial charge on any atom is -0.345 e. The highest BCUT2D eigenvalue weighted by Crippen LogP contribution is 2.27. The molecule has 1 atom stereocenters. The van der Waals surface area contributed by atoms with E-state index in [0.717, 1.165) is 12.8 Å². The number of nitrogens with one attached hydrogen (secondary N) is 2. The van der Waals surface area contributed by atoms with Gasteiger partial charge in [0.25, 0.3) is 5.91 Å². The Morgan fingerprint density at radius 1 is 1.55 bits per heavy atom. The van der Waals surface area contributed by atoms with Crippen LogP contribution in [-0.4, -0.2) is 40.5 Å². The predicted molar refractivity (Wildman–Crippen MR) is 81.9 cm³/mol. The van der Waals surface area contributed by atoms with Crippen molar-refractivity contribution in [3.63, 3.8) is 0 Å². The van der Waals surface area contributed by atoms with Crippen LogP contribution in [0.4, 0.5) is 0 Å². The maximum Gasteiger partial charge on any atom is 0.257 e. The Bertz CT molecular complexity index is 717. The molecule has 2 aromatic rings. The fourth-order valence-electron chi connectivity index (χ4n) is 2.94. The first-order valence-electron chi connectivity index (χ1n) is 7.27. The van der Waals surface area contributed by atoms with E-state index in [1.165, 1.54) is 0 Å². The summed E-state index contributed by atoms with van der Waals surface area (Å²) in [6, 6.07) is 7.38. The van der Waals surface area contributed by atoms with Gasteiger partial charge in [-0.25, -0.2) is 4.98 Å². The number of nitrogens with zero attached hydrogens (tertiary/aromatic N) is 3. The van der Waals surface area contributed by atoms with Crippen molar-refractivity contribution in [2.24, 2.45) is 0 Å². The molecule has 1 fully saturated rings. The molecule has 1 aromatic carbocycles. The molecule has 0 aliphatic carbocycles. The van der Waals surface area contributed by atoms with Crippen molar-refractivity contribution in [1.82, 2.24) is 20.2 Å². The Hall–Kier alpha value is -2.65. The molecule has 6 heteroatoms. The highest BCUT2D eigenvalue weighted by Gasteiger charge is 2.31. The number of hydrogen-bond acceptors (Lipinski definition) is 4. The maximum atomic E-state index is 13.0. The fraction of sp³-hybridized carbons (Fsp3) is 0.312. The zero-order chi connectivity index (χ0) is 15.5. The molecule has 1 unspecified atom stereocenters. The highest BCUT2D eigenvalue weighted by atomic mass is 16.2. The largest absolute Gasteiger partial charge is 0.345 e. The van der Waals surface area contributed by atoms with E-state index >= 15 is 0 Å². The van der Waals surface area contributed by atoms with E-state index in [1.54, 1.807) is 29.4 Å². The van der Waals surface area contributed by atoms with Crippen molar-refractivity contribution < 1.29 is 4.79 Å². The van der Waals surface area contributed by atoms with E-state index in [4.69, 9.17) is 0 Å². The molecule has 3 rings (SSSR count). The fourth-order valence-corrected chi connectivity index (χ4v) is 2.94. The van der Waals surface area contributed by atoms with Gasteiger partial charge in [-0.3, -0.25) is 4.79 Å². The highest BCUT2D eigenvalue weighted by molar-refractivity contribution is 6.02. The van der Waals surface area contributed by atoms with Gasteiger partial charge in [-0.05, 0) is 26.0 Å². The quantitative estimate of drug-likeness (QED) is 0.903.